The van der Waals surface area contributed by atoms with Crippen LogP contribution in [0.3, 0.4) is 0 Å². The number of pyridine rings is 1. The van der Waals surface area contributed by atoms with Gasteiger partial charge < -0.3 is 9.32 Å². The van der Waals surface area contributed by atoms with Gasteiger partial charge in [-0.25, -0.2) is 0 Å². The molecule has 0 saturated heterocycles. The zero-order chi connectivity index (χ0) is 33.3. The first-order valence-corrected chi connectivity index (χ1v) is 16.9. The molecule has 0 aliphatic rings. The first kappa shape index (κ1) is 29.4. The lowest BCUT2D eigenvalue weighted by molar-refractivity contribution is 0.668. The molecule has 9 rings (SSSR count). The molecule has 3 nitrogen and oxygen atoms in total. The summed E-state index contributed by atoms with van der Waals surface area (Å²) in [5.74, 6) is 0. The van der Waals surface area contributed by atoms with Crippen LogP contribution in [0.1, 0.15) is 0 Å². The number of fused-ring (bicyclic) bond motifs is 3. The van der Waals surface area contributed by atoms with Crippen LogP contribution in [0.2, 0.25) is 0 Å². The molecule has 0 bridgehead atoms. The third kappa shape index (κ3) is 5.51. The molecule has 0 aliphatic carbocycles. The van der Waals surface area contributed by atoms with Gasteiger partial charge in [-0.3, -0.25) is 4.98 Å². The summed E-state index contributed by atoms with van der Waals surface area (Å²) < 4.78 is 6.31. The van der Waals surface area contributed by atoms with Gasteiger partial charge in [-0.2, -0.15) is 0 Å². The number of para-hydroxylation sites is 1. The predicted octanol–water partition coefficient (Wildman–Crippen LogP) is 13.1. The van der Waals surface area contributed by atoms with Crippen molar-refractivity contribution in [3.8, 4) is 44.5 Å². The molecule has 0 aliphatic heterocycles. The van der Waals surface area contributed by atoms with Crippen LogP contribution in [-0.4, -0.2) is 4.98 Å². The summed E-state index contributed by atoms with van der Waals surface area (Å²) in [6.45, 7) is 0. The highest BCUT2D eigenvalue weighted by Gasteiger charge is 2.19. The number of anilines is 3. The van der Waals surface area contributed by atoms with Gasteiger partial charge in [0.25, 0.3) is 0 Å². The molecule has 0 radical (unpaired) electrons. The molecule has 7 aromatic carbocycles. The number of hydrogen-bond acceptors (Lipinski definition) is 3. The first-order valence-electron chi connectivity index (χ1n) is 16.9. The largest absolute Gasteiger partial charge is 0.454 e. The number of benzene rings is 7. The van der Waals surface area contributed by atoms with E-state index in [1.54, 1.807) is 0 Å². The minimum absolute atomic E-state index is 0.785. The van der Waals surface area contributed by atoms with Crippen molar-refractivity contribution in [3.05, 3.63) is 194 Å². The summed E-state index contributed by atoms with van der Waals surface area (Å²) >= 11 is 0. The smallest absolute Gasteiger partial charge is 0.153 e. The second-order valence-corrected chi connectivity index (χ2v) is 12.4. The van der Waals surface area contributed by atoms with Gasteiger partial charge in [0.2, 0.25) is 0 Å². The van der Waals surface area contributed by atoms with E-state index in [2.05, 4.69) is 186 Å². The fourth-order valence-corrected chi connectivity index (χ4v) is 6.83. The van der Waals surface area contributed by atoms with Crippen molar-refractivity contribution in [1.29, 1.82) is 0 Å². The highest BCUT2D eigenvalue weighted by molar-refractivity contribution is 6.04. The molecule has 0 unspecified atom stereocenters. The topological polar surface area (TPSA) is 29.3 Å². The number of hydrogen-bond donors (Lipinski definition) is 0. The Morgan fingerprint density at radius 1 is 0.380 bits per heavy atom. The van der Waals surface area contributed by atoms with Gasteiger partial charge in [-0.1, -0.05) is 140 Å². The van der Waals surface area contributed by atoms with E-state index < -0.39 is 0 Å². The highest BCUT2D eigenvalue weighted by Crippen LogP contribution is 2.43. The van der Waals surface area contributed by atoms with Gasteiger partial charge in [0.1, 0.15) is 11.1 Å². The van der Waals surface area contributed by atoms with Gasteiger partial charge in [0.05, 0.1) is 5.69 Å². The van der Waals surface area contributed by atoms with E-state index in [0.29, 0.717) is 0 Å². The van der Waals surface area contributed by atoms with Crippen molar-refractivity contribution in [2.45, 2.75) is 0 Å². The fourth-order valence-electron chi connectivity index (χ4n) is 6.83. The summed E-state index contributed by atoms with van der Waals surface area (Å²) in [5.41, 5.74) is 15.1. The second kappa shape index (κ2) is 12.7. The molecule has 236 valence electrons. The molecule has 9 aromatic rings. The zero-order valence-electron chi connectivity index (χ0n) is 27.3. The maximum atomic E-state index is 6.31. The van der Waals surface area contributed by atoms with Gasteiger partial charge in [-0.15, -0.1) is 0 Å². The molecule has 2 aromatic heterocycles. The van der Waals surface area contributed by atoms with E-state index in [-0.39, 0.29) is 0 Å². The van der Waals surface area contributed by atoms with Gasteiger partial charge >= 0.3 is 0 Å². The SMILES string of the molecule is c1ccc(-c2ccc(-c3ccc(N(c4ccc5c(c4)oc4cccnc45)c4ccccc4-c4ccc(-c5ccccc5)cc4)cc3)cc2)cc1. The Balaban J connectivity index is 1.13. The maximum Gasteiger partial charge on any atom is 0.153 e. The van der Waals surface area contributed by atoms with Gasteiger partial charge in [0.15, 0.2) is 5.58 Å². The molecular formula is C47H32N2O. The number of furan rings is 1. The average Bonchev–Trinajstić information content (AvgIpc) is 3.57. The average molecular weight is 641 g/mol. The molecular weight excluding hydrogens is 609 g/mol. The lowest BCUT2D eigenvalue weighted by Crippen LogP contribution is -2.11. The molecule has 0 amide bonds. The lowest BCUT2D eigenvalue weighted by atomic mass is 9.98. The van der Waals surface area contributed by atoms with Crippen LogP contribution < -0.4 is 4.90 Å². The number of rotatable bonds is 7. The van der Waals surface area contributed by atoms with Gasteiger partial charge in [0, 0.05) is 34.6 Å². The van der Waals surface area contributed by atoms with Crippen LogP contribution in [0.15, 0.2) is 199 Å². The van der Waals surface area contributed by atoms with Crippen LogP contribution in [0.25, 0.3) is 66.6 Å². The van der Waals surface area contributed by atoms with Gasteiger partial charge in [-0.05, 0) is 81.4 Å². The van der Waals surface area contributed by atoms with E-state index in [9.17, 15) is 0 Å². The minimum Gasteiger partial charge on any atom is -0.454 e. The number of nitrogens with zero attached hydrogens (tertiary/aromatic N) is 2. The van der Waals surface area contributed by atoms with Crippen LogP contribution in [0.5, 0.6) is 0 Å². The Kier molecular flexibility index (Phi) is 7.49. The highest BCUT2D eigenvalue weighted by atomic mass is 16.3. The summed E-state index contributed by atoms with van der Waals surface area (Å²) in [4.78, 5) is 6.92. The van der Waals surface area contributed by atoms with E-state index >= 15 is 0 Å². The molecule has 3 heteroatoms. The first-order chi connectivity index (χ1) is 24.8. The van der Waals surface area contributed by atoms with Crippen LogP contribution in [0.4, 0.5) is 17.1 Å². The molecule has 0 spiro atoms. The monoisotopic (exact) mass is 640 g/mol. The van der Waals surface area contributed by atoms with Crippen LogP contribution in [-0.2, 0) is 0 Å². The Bertz CT molecular complexity index is 2550. The quantitative estimate of drug-likeness (QED) is 0.174. The summed E-state index contributed by atoms with van der Waals surface area (Å²) in [7, 11) is 0. The third-order valence-electron chi connectivity index (χ3n) is 9.37. The predicted molar refractivity (Wildman–Crippen MR) is 208 cm³/mol. The summed E-state index contributed by atoms with van der Waals surface area (Å²) in [5, 5.41) is 1.00. The Morgan fingerprint density at radius 3 is 1.50 bits per heavy atom. The Hall–Kier alpha value is -6.71. The van der Waals surface area contributed by atoms with E-state index in [0.717, 1.165) is 55.8 Å². The van der Waals surface area contributed by atoms with Crippen LogP contribution in [0, 0.1) is 0 Å². The van der Waals surface area contributed by atoms with E-state index in [1.165, 1.54) is 27.8 Å². The summed E-state index contributed by atoms with van der Waals surface area (Å²) in [6.07, 6.45) is 1.81. The normalized spacial score (nSPS) is 11.2. The molecule has 50 heavy (non-hydrogen) atoms. The second-order valence-electron chi connectivity index (χ2n) is 12.4. The molecule has 0 atom stereocenters. The third-order valence-corrected chi connectivity index (χ3v) is 9.37. The Morgan fingerprint density at radius 2 is 0.880 bits per heavy atom. The minimum atomic E-state index is 0.785. The molecule has 0 fully saturated rings. The van der Waals surface area contributed by atoms with Crippen molar-refractivity contribution in [1.82, 2.24) is 4.98 Å². The molecule has 0 N–H and O–H groups in total. The van der Waals surface area contributed by atoms with Crippen molar-refractivity contribution in [3.63, 3.8) is 0 Å². The molecule has 0 saturated carbocycles. The van der Waals surface area contributed by atoms with Crippen molar-refractivity contribution < 1.29 is 4.42 Å². The Labute approximate surface area is 291 Å². The van der Waals surface area contributed by atoms with Crippen molar-refractivity contribution >= 4 is 39.1 Å². The fraction of sp³-hybridized carbons (Fsp3) is 0. The lowest BCUT2D eigenvalue weighted by Gasteiger charge is -2.28. The van der Waals surface area contributed by atoms with Crippen molar-refractivity contribution in [2.75, 3.05) is 4.90 Å². The van der Waals surface area contributed by atoms with E-state index in [4.69, 9.17) is 4.42 Å². The molecule has 2 heterocycles. The standard InChI is InChI=1S/C47H32N2O/c1-3-10-33(11-4-1)35-17-19-37(20-18-35)38-25-27-40(28-26-38)49(41-29-30-43-46(32-41)50-45-16-9-31-48-47(43)45)44-15-8-7-14-42(44)39-23-21-36(22-24-39)34-12-5-2-6-13-34/h1-32H. The number of aromatic nitrogens is 1. The maximum absolute atomic E-state index is 6.31. The van der Waals surface area contributed by atoms with Crippen LogP contribution >= 0.6 is 0 Å². The van der Waals surface area contributed by atoms with E-state index in [1.807, 2.05) is 18.3 Å². The zero-order valence-corrected chi connectivity index (χ0v) is 27.3. The van der Waals surface area contributed by atoms with Crippen molar-refractivity contribution in [2.24, 2.45) is 0 Å². The summed E-state index contributed by atoms with van der Waals surface area (Å²) in [6, 6.07) is 66.4.